The van der Waals surface area contributed by atoms with Crippen molar-refractivity contribution in [2.24, 2.45) is 5.92 Å². The Morgan fingerprint density at radius 2 is 2.00 bits per heavy atom. The van der Waals surface area contributed by atoms with E-state index < -0.39 is 10.8 Å². The maximum absolute atomic E-state index is 10.7. The largest absolute Gasteiger partial charge is 0.300 e. The van der Waals surface area contributed by atoms with Crippen molar-refractivity contribution in [1.29, 1.82) is 0 Å². The average molecular weight is 176 g/mol. The van der Waals surface area contributed by atoms with Gasteiger partial charge in [-0.15, -0.1) is 0 Å². The van der Waals surface area contributed by atoms with E-state index in [9.17, 15) is 9.00 Å². The summed E-state index contributed by atoms with van der Waals surface area (Å²) in [5.41, 5.74) is 0. The first kappa shape index (κ1) is 10.8. The summed E-state index contributed by atoms with van der Waals surface area (Å²) in [6.07, 6.45) is 0.835. The third-order valence-electron chi connectivity index (χ3n) is 1.66. The minimum Gasteiger partial charge on any atom is -0.300 e. The molecule has 2 atom stereocenters. The first-order valence-electron chi connectivity index (χ1n) is 4.05. The lowest BCUT2D eigenvalue weighted by Gasteiger charge is -1.97. The van der Waals surface area contributed by atoms with Crippen LogP contribution in [0.15, 0.2) is 0 Å². The van der Waals surface area contributed by atoms with Crippen LogP contribution in [0.4, 0.5) is 0 Å². The Labute approximate surface area is 70.8 Å². The Hall–Kier alpha value is -0.180. The summed E-state index contributed by atoms with van der Waals surface area (Å²) in [6, 6.07) is 0. The molecule has 1 rings (SSSR count). The molecule has 0 aromatic rings. The number of ketones is 1. The van der Waals surface area contributed by atoms with Crippen LogP contribution < -0.4 is 0 Å². The van der Waals surface area contributed by atoms with Crippen LogP contribution in [0.1, 0.15) is 27.2 Å². The average Bonchev–Trinajstić information content (AvgIpc) is 2.40. The van der Waals surface area contributed by atoms with Crippen molar-refractivity contribution in [3.63, 3.8) is 0 Å². The molecule has 0 bridgehead atoms. The second-order valence-corrected chi connectivity index (χ2v) is 4.03. The Morgan fingerprint density at radius 3 is 2.18 bits per heavy atom. The first-order valence-corrected chi connectivity index (χ1v) is 5.54. The molecule has 1 heterocycles. The smallest absolute Gasteiger partial charge is 0.133 e. The Balaban J connectivity index is 0.000000461. The van der Waals surface area contributed by atoms with Crippen LogP contribution in [-0.2, 0) is 15.6 Å². The van der Waals surface area contributed by atoms with Gasteiger partial charge in [-0.1, -0.05) is 13.8 Å². The summed E-state index contributed by atoms with van der Waals surface area (Å²) in [6.45, 7) is 5.58. The summed E-state index contributed by atoms with van der Waals surface area (Å²) in [4.78, 5) is 10.7. The van der Waals surface area contributed by atoms with Crippen molar-refractivity contribution in [1.82, 2.24) is 0 Å². The van der Waals surface area contributed by atoms with Crippen LogP contribution in [0.2, 0.25) is 0 Å². The quantitative estimate of drug-likeness (QED) is 0.604. The number of Topliss-reactive ketones (excluding diaryl/α,β-unsaturated/α-hetero) is 1. The highest BCUT2D eigenvalue weighted by atomic mass is 32.2. The minimum absolute atomic E-state index is 0.103. The molecule has 0 aliphatic carbocycles. The summed E-state index contributed by atoms with van der Waals surface area (Å²) in [5.74, 6) is 1.63. The van der Waals surface area contributed by atoms with Crippen molar-refractivity contribution in [3.05, 3.63) is 0 Å². The fourth-order valence-corrected chi connectivity index (χ4v) is 2.55. The summed E-state index contributed by atoms with van der Waals surface area (Å²) in [5, 5.41) is 0. The van der Waals surface area contributed by atoms with Crippen molar-refractivity contribution in [2.75, 3.05) is 11.5 Å². The van der Waals surface area contributed by atoms with Crippen LogP contribution in [0.25, 0.3) is 0 Å². The van der Waals surface area contributed by atoms with Gasteiger partial charge in [0.1, 0.15) is 5.78 Å². The van der Waals surface area contributed by atoms with E-state index in [1.807, 2.05) is 13.8 Å². The number of hydrogen-bond donors (Lipinski definition) is 0. The topological polar surface area (TPSA) is 34.1 Å². The molecule has 0 N–H and O–H groups in total. The highest BCUT2D eigenvalue weighted by Crippen LogP contribution is 2.15. The van der Waals surface area contributed by atoms with Gasteiger partial charge < -0.3 is 0 Å². The second-order valence-electron chi connectivity index (χ2n) is 2.41. The van der Waals surface area contributed by atoms with E-state index in [1.54, 1.807) is 6.92 Å². The van der Waals surface area contributed by atoms with Crippen molar-refractivity contribution < 1.29 is 9.00 Å². The third kappa shape index (κ3) is 3.65. The monoisotopic (exact) mass is 176 g/mol. The van der Waals surface area contributed by atoms with E-state index in [4.69, 9.17) is 0 Å². The molecule has 2 nitrogen and oxygen atoms in total. The molecule has 0 amide bonds. The standard InChI is InChI=1S/C6H10O2S.C2H6/c1-5(7)6-2-3-9(8)4-6;1-2/h6H,2-4H2,1H3;1-2H3. The lowest BCUT2D eigenvalue weighted by Crippen LogP contribution is -2.09. The van der Waals surface area contributed by atoms with Crippen LogP contribution in [0.3, 0.4) is 0 Å². The van der Waals surface area contributed by atoms with E-state index in [-0.39, 0.29) is 11.7 Å². The van der Waals surface area contributed by atoms with Gasteiger partial charge in [-0.2, -0.15) is 0 Å². The number of carbonyl (C=O) groups excluding carboxylic acids is 1. The molecule has 1 aliphatic heterocycles. The third-order valence-corrected chi connectivity index (χ3v) is 3.12. The number of carbonyl (C=O) groups is 1. The summed E-state index contributed by atoms with van der Waals surface area (Å²) < 4.78 is 10.7. The molecule has 1 aliphatic rings. The maximum Gasteiger partial charge on any atom is 0.133 e. The molecular weight excluding hydrogens is 160 g/mol. The van der Waals surface area contributed by atoms with Crippen molar-refractivity contribution in [2.45, 2.75) is 27.2 Å². The van der Waals surface area contributed by atoms with E-state index in [0.29, 0.717) is 5.75 Å². The predicted molar refractivity (Wildman–Crippen MR) is 48.0 cm³/mol. The zero-order valence-corrected chi connectivity index (χ0v) is 8.24. The van der Waals surface area contributed by atoms with Crippen molar-refractivity contribution >= 4 is 16.6 Å². The first-order chi connectivity index (χ1) is 5.20. The molecular formula is C8H16O2S. The SMILES string of the molecule is CC.CC(=O)C1CCS(=O)C1. The van der Waals surface area contributed by atoms with Crippen LogP contribution in [0, 0.1) is 5.92 Å². The molecule has 66 valence electrons. The number of rotatable bonds is 1. The van der Waals surface area contributed by atoms with E-state index in [0.717, 1.165) is 12.2 Å². The molecule has 0 aromatic carbocycles. The fraction of sp³-hybridized carbons (Fsp3) is 0.875. The van der Waals surface area contributed by atoms with Gasteiger partial charge in [0.25, 0.3) is 0 Å². The molecule has 1 fully saturated rings. The second kappa shape index (κ2) is 5.47. The van der Waals surface area contributed by atoms with Gasteiger partial charge in [0.2, 0.25) is 0 Å². The van der Waals surface area contributed by atoms with Gasteiger partial charge in [-0.25, -0.2) is 0 Å². The Kier molecular flexibility index (Phi) is 5.38. The Morgan fingerprint density at radius 1 is 1.45 bits per heavy atom. The highest BCUT2D eigenvalue weighted by Gasteiger charge is 2.24. The lowest BCUT2D eigenvalue weighted by atomic mass is 10.1. The zero-order valence-electron chi connectivity index (χ0n) is 7.42. The molecule has 3 heteroatoms. The van der Waals surface area contributed by atoms with Gasteiger partial charge in [0.05, 0.1) is 0 Å². The fourth-order valence-electron chi connectivity index (χ4n) is 0.985. The molecule has 1 saturated heterocycles. The molecule has 11 heavy (non-hydrogen) atoms. The van der Waals surface area contributed by atoms with Gasteiger partial charge >= 0.3 is 0 Å². The van der Waals surface area contributed by atoms with E-state index in [2.05, 4.69) is 0 Å². The van der Waals surface area contributed by atoms with Crippen LogP contribution in [-0.4, -0.2) is 21.5 Å². The predicted octanol–water partition coefficient (Wildman–Crippen LogP) is 1.37. The molecule has 0 aromatic heterocycles. The van der Waals surface area contributed by atoms with Gasteiger partial charge in [0, 0.05) is 28.2 Å². The van der Waals surface area contributed by atoms with Crippen LogP contribution in [0.5, 0.6) is 0 Å². The summed E-state index contributed by atoms with van der Waals surface area (Å²) in [7, 11) is -0.694. The molecule has 0 saturated carbocycles. The van der Waals surface area contributed by atoms with E-state index in [1.165, 1.54) is 0 Å². The number of hydrogen-bond acceptors (Lipinski definition) is 2. The minimum atomic E-state index is -0.694. The maximum atomic E-state index is 10.7. The molecule has 0 spiro atoms. The van der Waals surface area contributed by atoms with Gasteiger partial charge in [0.15, 0.2) is 0 Å². The lowest BCUT2D eigenvalue weighted by molar-refractivity contribution is -0.119. The highest BCUT2D eigenvalue weighted by molar-refractivity contribution is 7.85. The van der Waals surface area contributed by atoms with Crippen molar-refractivity contribution in [3.8, 4) is 0 Å². The van der Waals surface area contributed by atoms with E-state index >= 15 is 0 Å². The van der Waals surface area contributed by atoms with Gasteiger partial charge in [-0.05, 0) is 13.3 Å². The normalized spacial score (nSPS) is 29.0. The summed E-state index contributed by atoms with van der Waals surface area (Å²) >= 11 is 0. The van der Waals surface area contributed by atoms with Crippen LogP contribution >= 0.6 is 0 Å². The zero-order chi connectivity index (χ0) is 8.85. The van der Waals surface area contributed by atoms with Gasteiger partial charge in [-0.3, -0.25) is 9.00 Å². The molecule has 0 radical (unpaired) electrons. The molecule has 2 unspecified atom stereocenters. The Bertz CT molecular complexity index is 154.